The molecule has 0 spiro atoms. The van der Waals surface area contributed by atoms with E-state index in [4.69, 9.17) is 5.73 Å². The second kappa shape index (κ2) is 7.85. The van der Waals surface area contributed by atoms with E-state index in [1.165, 1.54) is 17.0 Å². The summed E-state index contributed by atoms with van der Waals surface area (Å²) in [5.74, 6) is -0.973. The monoisotopic (exact) mass is 365 g/mol. The summed E-state index contributed by atoms with van der Waals surface area (Å²) in [5, 5.41) is 2.70. The van der Waals surface area contributed by atoms with Crippen molar-refractivity contribution in [3.05, 3.63) is 29.8 Å². The molecule has 1 fully saturated rings. The van der Waals surface area contributed by atoms with E-state index in [1.54, 1.807) is 6.92 Å². The standard InChI is InChI=1S/C15H18F3N3O2.ClH/c1-9(7-19)14(23)20-11-6-13(22)21(8-11)12-4-2-3-10(5-12)15(16,17)18;/h2-5,9,11H,6-8,19H2,1H3,(H,20,23);1H. The molecule has 0 saturated carbocycles. The number of alkyl halides is 3. The molecule has 0 aliphatic carbocycles. The number of anilines is 1. The Balaban J connectivity index is 0.00000288. The summed E-state index contributed by atoms with van der Waals surface area (Å²) < 4.78 is 38.3. The normalized spacial score (nSPS) is 19.0. The van der Waals surface area contributed by atoms with Gasteiger partial charge in [0.25, 0.3) is 0 Å². The largest absolute Gasteiger partial charge is 0.416 e. The summed E-state index contributed by atoms with van der Waals surface area (Å²) in [6.45, 7) is 1.99. The average molecular weight is 366 g/mol. The maximum Gasteiger partial charge on any atom is 0.416 e. The zero-order valence-electron chi connectivity index (χ0n) is 13.0. The van der Waals surface area contributed by atoms with Crippen LogP contribution in [0.2, 0.25) is 0 Å². The number of nitrogens with two attached hydrogens (primary N) is 1. The van der Waals surface area contributed by atoms with Gasteiger partial charge in [-0.15, -0.1) is 12.4 Å². The Morgan fingerprint density at radius 2 is 2.12 bits per heavy atom. The summed E-state index contributed by atoms with van der Waals surface area (Å²) in [7, 11) is 0. The Hall–Kier alpha value is -1.80. The molecule has 3 N–H and O–H groups in total. The Morgan fingerprint density at radius 3 is 2.71 bits per heavy atom. The van der Waals surface area contributed by atoms with Crippen molar-refractivity contribution in [3.8, 4) is 0 Å². The van der Waals surface area contributed by atoms with Gasteiger partial charge >= 0.3 is 6.18 Å². The Morgan fingerprint density at radius 1 is 1.46 bits per heavy atom. The molecule has 2 unspecified atom stereocenters. The van der Waals surface area contributed by atoms with Gasteiger partial charge in [-0.3, -0.25) is 9.59 Å². The maximum atomic E-state index is 12.8. The number of rotatable bonds is 4. The number of nitrogens with zero attached hydrogens (tertiary/aromatic N) is 1. The molecule has 1 aromatic carbocycles. The molecule has 2 rings (SSSR count). The van der Waals surface area contributed by atoms with Crippen molar-refractivity contribution in [1.29, 1.82) is 0 Å². The number of carbonyl (C=O) groups is 2. The van der Waals surface area contributed by atoms with Crippen molar-refractivity contribution in [2.24, 2.45) is 11.7 Å². The SMILES string of the molecule is CC(CN)C(=O)NC1CC(=O)N(c2cccc(C(F)(F)F)c2)C1.Cl. The van der Waals surface area contributed by atoms with Crippen LogP contribution in [0.3, 0.4) is 0 Å². The highest BCUT2D eigenvalue weighted by molar-refractivity contribution is 5.97. The van der Waals surface area contributed by atoms with Crippen molar-refractivity contribution in [3.63, 3.8) is 0 Å². The van der Waals surface area contributed by atoms with Crippen LogP contribution in [0.4, 0.5) is 18.9 Å². The van der Waals surface area contributed by atoms with E-state index in [2.05, 4.69) is 5.32 Å². The van der Waals surface area contributed by atoms with Gasteiger partial charge in [-0.05, 0) is 18.2 Å². The lowest BCUT2D eigenvalue weighted by Crippen LogP contribution is -2.41. The first-order valence-corrected chi connectivity index (χ1v) is 7.20. The van der Waals surface area contributed by atoms with Crippen LogP contribution in [0.1, 0.15) is 18.9 Å². The molecule has 134 valence electrons. The van der Waals surface area contributed by atoms with E-state index in [0.717, 1.165) is 12.1 Å². The van der Waals surface area contributed by atoms with E-state index in [0.29, 0.717) is 0 Å². The van der Waals surface area contributed by atoms with Crippen LogP contribution in [0.5, 0.6) is 0 Å². The highest BCUT2D eigenvalue weighted by atomic mass is 35.5. The third-order valence-corrected chi connectivity index (χ3v) is 3.76. The molecule has 24 heavy (non-hydrogen) atoms. The average Bonchev–Trinajstić information content (AvgIpc) is 2.86. The molecule has 0 bridgehead atoms. The molecule has 1 heterocycles. The fourth-order valence-corrected chi connectivity index (χ4v) is 2.35. The van der Waals surface area contributed by atoms with Gasteiger partial charge < -0.3 is 16.0 Å². The quantitative estimate of drug-likeness (QED) is 0.856. The van der Waals surface area contributed by atoms with Crippen molar-refractivity contribution in [2.45, 2.75) is 25.6 Å². The van der Waals surface area contributed by atoms with Crippen molar-refractivity contribution >= 4 is 29.9 Å². The number of hydrogen-bond acceptors (Lipinski definition) is 3. The van der Waals surface area contributed by atoms with Gasteiger partial charge in [-0.2, -0.15) is 13.2 Å². The minimum Gasteiger partial charge on any atom is -0.351 e. The van der Waals surface area contributed by atoms with Gasteiger partial charge in [-0.1, -0.05) is 13.0 Å². The van der Waals surface area contributed by atoms with Gasteiger partial charge in [0, 0.05) is 31.1 Å². The summed E-state index contributed by atoms with van der Waals surface area (Å²) in [4.78, 5) is 25.1. The third kappa shape index (κ3) is 4.61. The van der Waals surface area contributed by atoms with Crippen LogP contribution < -0.4 is 16.0 Å². The Kier molecular flexibility index (Phi) is 6.62. The lowest BCUT2D eigenvalue weighted by molar-refractivity contribution is -0.137. The summed E-state index contributed by atoms with van der Waals surface area (Å²) >= 11 is 0. The van der Waals surface area contributed by atoms with Gasteiger partial charge in [0.05, 0.1) is 11.6 Å². The Bertz CT molecular complexity index is 610. The van der Waals surface area contributed by atoms with Gasteiger partial charge in [0.15, 0.2) is 0 Å². The highest BCUT2D eigenvalue weighted by Crippen LogP contribution is 2.32. The first-order chi connectivity index (χ1) is 10.7. The molecule has 5 nitrogen and oxygen atoms in total. The first-order valence-electron chi connectivity index (χ1n) is 7.20. The predicted molar refractivity (Wildman–Crippen MR) is 85.8 cm³/mol. The smallest absolute Gasteiger partial charge is 0.351 e. The Labute approximate surface area is 143 Å². The van der Waals surface area contributed by atoms with Crippen LogP contribution in [0, 0.1) is 5.92 Å². The van der Waals surface area contributed by atoms with Gasteiger partial charge in [-0.25, -0.2) is 0 Å². The topological polar surface area (TPSA) is 75.4 Å². The van der Waals surface area contributed by atoms with Gasteiger partial charge in [0.2, 0.25) is 11.8 Å². The molecule has 1 aliphatic heterocycles. The van der Waals surface area contributed by atoms with Crippen molar-refractivity contribution in [1.82, 2.24) is 5.32 Å². The second-order valence-electron chi connectivity index (χ2n) is 5.60. The molecular formula is C15H19ClF3N3O2. The highest BCUT2D eigenvalue weighted by Gasteiger charge is 2.35. The van der Waals surface area contributed by atoms with E-state index in [1.807, 2.05) is 0 Å². The number of benzene rings is 1. The minimum atomic E-state index is -4.47. The fourth-order valence-electron chi connectivity index (χ4n) is 2.35. The van der Waals surface area contributed by atoms with E-state index >= 15 is 0 Å². The van der Waals surface area contributed by atoms with Crippen molar-refractivity contribution < 1.29 is 22.8 Å². The summed E-state index contributed by atoms with van der Waals surface area (Å²) in [6.07, 6.45) is -4.41. The summed E-state index contributed by atoms with van der Waals surface area (Å²) in [5.41, 5.74) is 4.77. The fraction of sp³-hybridized carbons (Fsp3) is 0.467. The zero-order chi connectivity index (χ0) is 17.2. The molecule has 0 radical (unpaired) electrons. The van der Waals surface area contributed by atoms with Gasteiger partial charge in [0.1, 0.15) is 0 Å². The lowest BCUT2D eigenvalue weighted by Gasteiger charge is -2.19. The molecule has 0 aromatic heterocycles. The number of carbonyl (C=O) groups excluding carboxylic acids is 2. The maximum absolute atomic E-state index is 12.8. The molecule has 1 aliphatic rings. The molecule has 9 heteroatoms. The summed E-state index contributed by atoms with van der Waals surface area (Å²) in [6, 6.07) is 4.16. The van der Waals surface area contributed by atoms with E-state index in [-0.39, 0.29) is 55.3 Å². The number of amides is 2. The van der Waals surface area contributed by atoms with E-state index < -0.39 is 17.8 Å². The molecular weight excluding hydrogens is 347 g/mol. The molecule has 2 amide bonds. The van der Waals surface area contributed by atoms with E-state index in [9.17, 15) is 22.8 Å². The first kappa shape index (κ1) is 20.2. The molecule has 1 saturated heterocycles. The predicted octanol–water partition coefficient (Wildman–Crippen LogP) is 1.94. The van der Waals surface area contributed by atoms with Crippen molar-refractivity contribution in [2.75, 3.05) is 18.0 Å². The number of halogens is 4. The lowest BCUT2D eigenvalue weighted by atomic mass is 10.1. The molecule has 1 aromatic rings. The number of hydrogen-bond donors (Lipinski definition) is 2. The minimum absolute atomic E-state index is 0. The van der Waals surface area contributed by atoms with Crippen LogP contribution in [-0.2, 0) is 15.8 Å². The zero-order valence-corrected chi connectivity index (χ0v) is 13.8. The third-order valence-electron chi connectivity index (χ3n) is 3.76. The number of nitrogens with one attached hydrogen (secondary N) is 1. The molecule has 2 atom stereocenters. The van der Waals surface area contributed by atoms with Crippen LogP contribution in [0.25, 0.3) is 0 Å². The van der Waals surface area contributed by atoms with Crippen LogP contribution in [0.15, 0.2) is 24.3 Å². The van der Waals surface area contributed by atoms with Crippen LogP contribution in [-0.4, -0.2) is 30.9 Å². The van der Waals surface area contributed by atoms with Crippen LogP contribution >= 0.6 is 12.4 Å². The second-order valence-corrected chi connectivity index (χ2v) is 5.60.